The Kier molecular flexibility index (Phi) is 9.58. The number of ether oxygens (including phenoxy) is 2. The maximum Gasteiger partial charge on any atom is 0.347 e. The highest BCUT2D eigenvalue weighted by Crippen LogP contribution is 2.44. The van der Waals surface area contributed by atoms with Gasteiger partial charge in [0.1, 0.15) is 11.4 Å². The lowest BCUT2D eigenvalue weighted by molar-refractivity contribution is -0.163. The molecule has 1 unspecified atom stereocenters. The largest absolute Gasteiger partial charge is 0.478 e. The standard InChI is InChI=1S/C32H42O5/c1-6-7-11-28(30(35)37-31(2,3)4)36-27-19-16-24(22-26(27)32(5)20-9-8-10-21-32)13-12-23-14-17-25(18-15-23)29(33)34/h12-19,22,28H,6-11,20-21H2,1-5H3,(H,33,34)/b13-12+. The average Bonchev–Trinajstić information content (AvgIpc) is 2.85. The molecule has 5 heteroatoms. The summed E-state index contributed by atoms with van der Waals surface area (Å²) in [7, 11) is 0. The summed E-state index contributed by atoms with van der Waals surface area (Å²) < 4.78 is 12.2. The summed E-state index contributed by atoms with van der Waals surface area (Å²) in [6.07, 6.45) is 11.6. The first-order valence-corrected chi connectivity index (χ1v) is 13.6. The predicted molar refractivity (Wildman–Crippen MR) is 149 cm³/mol. The van der Waals surface area contributed by atoms with Crippen LogP contribution in [-0.4, -0.2) is 28.8 Å². The second-order valence-electron chi connectivity index (χ2n) is 11.4. The molecule has 1 saturated carbocycles. The second-order valence-corrected chi connectivity index (χ2v) is 11.4. The number of carboxylic acid groups (broad SMARTS) is 1. The van der Waals surface area contributed by atoms with Crippen LogP contribution in [0.2, 0.25) is 0 Å². The van der Waals surface area contributed by atoms with Crippen molar-refractivity contribution >= 4 is 24.1 Å². The number of hydrogen-bond donors (Lipinski definition) is 1. The number of aromatic carboxylic acids is 1. The quantitative estimate of drug-likeness (QED) is 0.261. The number of hydrogen-bond acceptors (Lipinski definition) is 4. The van der Waals surface area contributed by atoms with E-state index in [2.05, 4.69) is 19.9 Å². The third kappa shape index (κ3) is 8.21. The van der Waals surface area contributed by atoms with Crippen molar-refractivity contribution in [1.29, 1.82) is 0 Å². The molecular formula is C32H42O5. The van der Waals surface area contributed by atoms with Crippen LogP contribution in [0.25, 0.3) is 12.2 Å². The van der Waals surface area contributed by atoms with Gasteiger partial charge in [0.2, 0.25) is 0 Å². The summed E-state index contributed by atoms with van der Waals surface area (Å²) in [5.74, 6) is -0.478. The van der Waals surface area contributed by atoms with Crippen molar-refractivity contribution in [3.8, 4) is 5.75 Å². The van der Waals surface area contributed by atoms with Gasteiger partial charge in [0.05, 0.1) is 5.56 Å². The summed E-state index contributed by atoms with van der Waals surface area (Å²) in [6, 6.07) is 13.0. The monoisotopic (exact) mass is 506 g/mol. The van der Waals surface area contributed by atoms with Crippen molar-refractivity contribution < 1.29 is 24.2 Å². The van der Waals surface area contributed by atoms with E-state index in [1.807, 2.05) is 45.1 Å². The summed E-state index contributed by atoms with van der Waals surface area (Å²) in [5, 5.41) is 9.13. The fraction of sp³-hybridized carbons (Fsp3) is 0.500. The molecular weight excluding hydrogens is 464 g/mol. The van der Waals surface area contributed by atoms with Crippen LogP contribution >= 0.6 is 0 Å². The van der Waals surface area contributed by atoms with Crippen molar-refractivity contribution in [1.82, 2.24) is 0 Å². The van der Waals surface area contributed by atoms with Crippen LogP contribution in [0.15, 0.2) is 42.5 Å². The third-order valence-electron chi connectivity index (χ3n) is 7.00. The minimum atomic E-state index is -0.930. The maximum absolute atomic E-state index is 13.0. The van der Waals surface area contributed by atoms with E-state index in [0.29, 0.717) is 6.42 Å². The summed E-state index contributed by atoms with van der Waals surface area (Å²) in [6.45, 7) is 10.1. The van der Waals surface area contributed by atoms with E-state index < -0.39 is 17.7 Å². The molecule has 0 aliphatic heterocycles. The highest BCUT2D eigenvalue weighted by atomic mass is 16.6. The van der Waals surface area contributed by atoms with Gasteiger partial charge in [-0.2, -0.15) is 0 Å². The molecule has 5 nitrogen and oxygen atoms in total. The van der Waals surface area contributed by atoms with Gasteiger partial charge in [0.15, 0.2) is 6.10 Å². The van der Waals surface area contributed by atoms with Crippen molar-refractivity contribution in [3.63, 3.8) is 0 Å². The van der Waals surface area contributed by atoms with Gasteiger partial charge in [-0.1, -0.05) is 69.9 Å². The Balaban J connectivity index is 1.93. The summed E-state index contributed by atoms with van der Waals surface area (Å²) in [5.41, 5.74) is 2.79. The molecule has 2 aromatic rings. The molecule has 0 heterocycles. The molecule has 1 fully saturated rings. The molecule has 1 aliphatic carbocycles. The minimum Gasteiger partial charge on any atom is -0.478 e. The number of carbonyl (C=O) groups is 2. The van der Waals surface area contributed by atoms with Crippen LogP contribution in [0.3, 0.4) is 0 Å². The van der Waals surface area contributed by atoms with Crippen LogP contribution in [0.4, 0.5) is 0 Å². The Morgan fingerprint density at radius 2 is 1.62 bits per heavy atom. The third-order valence-corrected chi connectivity index (χ3v) is 7.00. The lowest BCUT2D eigenvalue weighted by atomic mass is 9.70. The predicted octanol–water partition coefficient (Wildman–Crippen LogP) is 8.06. The van der Waals surface area contributed by atoms with E-state index in [0.717, 1.165) is 48.1 Å². The Labute approximate surface area is 221 Å². The van der Waals surface area contributed by atoms with E-state index in [9.17, 15) is 9.59 Å². The van der Waals surface area contributed by atoms with Gasteiger partial charge in [-0.05, 0) is 87.3 Å². The zero-order valence-corrected chi connectivity index (χ0v) is 23.0. The van der Waals surface area contributed by atoms with Crippen molar-refractivity contribution in [2.24, 2.45) is 0 Å². The number of carboxylic acids is 1. The SMILES string of the molecule is CCCCC(Oc1ccc(/C=C/c2ccc(C(=O)O)cc2)cc1C1(C)CCCCC1)C(=O)OC(C)(C)C. The molecule has 37 heavy (non-hydrogen) atoms. The molecule has 1 atom stereocenters. The van der Waals surface area contributed by atoms with E-state index in [1.54, 1.807) is 24.3 Å². The van der Waals surface area contributed by atoms with Crippen LogP contribution in [0.5, 0.6) is 5.75 Å². The van der Waals surface area contributed by atoms with Crippen LogP contribution in [0, 0.1) is 0 Å². The molecule has 0 spiro atoms. The lowest BCUT2D eigenvalue weighted by Crippen LogP contribution is -2.36. The van der Waals surface area contributed by atoms with Crippen LogP contribution in [-0.2, 0) is 14.9 Å². The second kappa shape index (κ2) is 12.4. The first-order chi connectivity index (χ1) is 17.5. The normalized spacial score (nSPS) is 16.4. The Morgan fingerprint density at radius 1 is 1.00 bits per heavy atom. The zero-order chi connectivity index (χ0) is 27.1. The fourth-order valence-electron chi connectivity index (χ4n) is 4.89. The number of esters is 1. The van der Waals surface area contributed by atoms with Crippen LogP contribution in [0.1, 0.15) is 113 Å². The maximum atomic E-state index is 13.0. The minimum absolute atomic E-state index is 0.0240. The Bertz CT molecular complexity index is 1090. The molecule has 200 valence electrons. The number of carbonyl (C=O) groups excluding carboxylic acids is 1. The Morgan fingerprint density at radius 3 is 2.22 bits per heavy atom. The van der Waals surface area contributed by atoms with Gasteiger partial charge in [0, 0.05) is 5.56 Å². The Hall–Kier alpha value is -3.08. The summed E-state index contributed by atoms with van der Waals surface area (Å²) in [4.78, 5) is 24.2. The molecule has 0 saturated heterocycles. The molecule has 3 rings (SSSR count). The van der Waals surface area contributed by atoms with Crippen molar-refractivity contribution in [2.75, 3.05) is 0 Å². The first-order valence-electron chi connectivity index (χ1n) is 13.6. The average molecular weight is 507 g/mol. The molecule has 0 radical (unpaired) electrons. The van der Waals surface area contributed by atoms with Gasteiger partial charge in [-0.15, -0.1) is 0 Å². The number of benzene rings is 2. The van der Waals surface area contributed by atoms with Crippen molar-refractivity contribution in [2.45, 2.75) is 103 Å². The highest BCUT2D eigenvalue weighted by Gasteiger charge is 2.34. The fourth-order valence-corrected chi connectivity index (χ4v) is 4.89. The van der Waals surface area contributed by atoms with E-state index in [4.69, 9.17) is 14.6 Å². The van der Waals surface area contributed by atoms with E-state index in [1.165, 1.54) is 19.3 Å². The van der Waals surface area contributed by atoms with Gasteiger partial charge < -0.3 is 14.6 Å². The van der Waals surface area contributed by atoms with Crippen molar-refractivity contribution in [3.05, 3.63) is 64.7 Å². The van der Waals surface area contributed by atoms with Gasteiger partial charge in [-0.3, -0.25) is 0 Å². The highest BCUT2D eigenvalue weighted by molar-refractivity contribution is 5.88. The lowest BCUT2D eigenvalue weighted by Gasteiger charge is -2.36. The first kappa shape index (κ1) is 28.5. The number of rotatable bonds is 10. The van der Waals surface area contributed by atoms with Crippen LogP contribution < -0.4 is 4.74 Å². The molecule has 1 aliphatic rings. The van der Waals surface area contributed by atoms with E-state index >= 15 is 0 Å². The van der Waals surface area contributed by atoms with Gasteiger partial charge in [0.25, 0.3) is 0 Å². The smallest absolute Gasteiger partial charge is 0.347 e. The van der Waals surface area contributed by atoms with E-state index in [-0.39, 0.29) is 16.9 Å². The zero-order valence-electron chi connectivity index (χ0n) is 23.0. The topological polar surface area (TPSA) is 72.8 Å². The molecule has 0 amide bonds. The molecule has 0 bridgehead atoms. The molecule has 2 aromatic carbocycles. The van der Waals surface area contributed by atoms with Gasteiger partial charge in [-0.25, -0.2) is 9.59 Å². The summed E-state index contributed by atoms with van der Waals surface area (Å²) >= 11 is 0. The molecule has 1 N–H and O–H groups in total. The number of unbranched alkanes of at least 4 members (excludes halogenated alkanes) is 1. The molecule has 0 aromatic heterocycles. The van der Waals surface area contributed by atoms with Gasteiger partial charge >= 0.3 is 11.9 Å².